The SMILES string of the molecule is CCC[C@H](C)Oc1nc(N)c2ncc(C[C@H]3C[C@H](N)C3)n2n1. The van der Waals surface area contributed by atoms with Gasteiger partial charge >= 0.3 is 6.01 Å². The molecule has 0 radical (unpaired) electrons. The number of nitrogens with two attached hydrogens (primary N) is 2. The van der Waals surface area contributed by atoms with Crippen LogP contribution in [0.25, 0.3) is 5.65 Å². The van der Waals surface area contributed by atoms with Crippen molar-refractivity contribution in [3.05, 3.63) is 11.9 Å². The van der Waals surface area contributed by atoms with E-state index in [1.807, 2.05) is 13.1 Å². The number of fused-ring (bicyclic) bond motifs is 1. The van der Waals surface area contributed by atoms with Crippen LogP contribution in [0.2, 0.25) is 0 Å². The Morgan fingerprint density at radius 3 is 2.91 bits per heavy atom. The maximum Gasteiger partial charge on any atom is 0.336 e. The smallest absolute Gasteiger partial charge is 0.336 e. The van der Waals surface area contributed by atoms with Gasteiger partial charge in [0.25, 0.3) is 0 Å². The number of nitrogens with zero attached hydrogens (tertiary/aromatic N) is 4. The number of hydrogen-bond donors (Lipinski definition) is 2. The second kappa shape index (κ2) is 6.08. The molecule has 3 rings (SSSR count). The highest BCUT2D eigenvalue weighted by molar-refractivity contribution is 5.59. The summed E-state index contributed by atoms with van der Waals surface area (Å²) in [7, 11) is 0. The Balaban J connectivity index is 1.83. The molecule has 1 fully saturated rings. The van der Waals surface area contributed by atoms with Crippen molar-refractivity contribution in [3.8, 4) is 6.01 Å². The third kappa shape index (κ3) is 2.99. The standard InChI is InChI=1S/C15H24N6O/c1-3-4-9(2)22-15-19-13(17)14-18-8-12(21(14)20-15)7-10-5-11(16)6-10/h8-11H,3-7,16H2,1-2H3,(H2,17,19,20)/t9-,10-,11-/m0/s1. The fourth-order valence-electron chi connectivity index (χ4n) is 3.01. The molecule has 0 bridgehead atoms. The van der Waals surface area contributed by atoms with E-state index in [9.17, 15) is 0 Å². The Hall–Kier alpha value is -1.89. The molecule has 1 aliphatic rings. The lowest BCUT2D eigenvalue weighted by molar-refractivity contribution is 0.189. The first-order valence-corrected chi connectivity index (χ1v) is 7.99. The molecule has 0 spiro atoms. The molecule has 1 aliphatic carbocycles. The van der Waals surface area contributed by atoms with Crippen LogP contribution in [0.4, 0.5) is 5.82 Å². The molecule has 2 aromatic rings. The van der Waals surface area contributed by atoms with Gasteiger partial charge in [-0.15, -0.1) is 5.10 Å². The molecule has 0 aliphatic heterocycles. The highest BCUT2D eigenvalue weighted by atomic mass is 16.5. The van der Waals surface area contributed by atoms with E-state index in [1.165, 1.54) is 0 Å². The van der Waals surface area contributed by atoms with E-state index in [0.29, 0.717) is 29.4 Å². The number of ether oxygens (including phenoxy) is 1. The number of nitrogen functional groups attached to an aromatic ring is 1. The molecule has 0 amide bonds. The topological polar surface area (TPSA) is 104 Å². The quantitative estimate of drug-likeness (QED) is 0.839. The zero-order chi connectivity index (χ0) is 15.7. The lowest BCUT2D eigenvalue weighted by Crippen LogP contribution is -2.37. The third-order valence-corrected chi connectivity index (χ3v) is 4.21. The van der Waals surface area contributed by atoms with Gasteiger partial charge in [0.15, 0.2) is 11.5 Å². The van der Waals surface area contributed by atoms with E-state index < -0.39 is 0 Å². The number of anilines is 1. The Morgan fingerprint density at radius 1 is 1.45 bits per heavy atom. The van der Waals surface area contributed by atoms with E-state index >= 15 is 0 Å². The zero-order valence-corrected chi connectivity index (χ0v) is 13.2. The fourth-order valence-corrected chi connectivity index (χ4v) is 3.01. The first kappa shape index (κ1) is 15.0. The molecule has 2 aromatic heterocycles. The summed E-state index contributed by atoms with van der Waals surface area (Å²) in [5, 5.41) is 4.46. The third-order valence-electron chi connectivity index (χ3n) is 4.21. The summed E-state index contributed by atoms with van der Waals surface area (Å²) in [6.07, 6.45) is 6.93. The molecule has 0 unspecified atom stereocenters. The van der Waals surface area contributed by atoms with Crippen molar-refractivity contribution < 1.29 is 4.74 Å². The number of aromatic nitrogens is 4. The Labute approximate surface area is 130 Å². The second-order valence-electron chi connectivity index (χ2n) is 6.28. The van der Waals surface area contributed by atoms with Gasteiger partial charge in [-0.25, -0.2) is 9.50 Å². The van der Waals surface area contributed by atoms with Crippen molar-refractivity contribution in [3.63, 3.8) is 0 Å². The summed E-state index contributed by atoms with van der Waals surface area (Å²) in [5.41, 5.74) is 13.5. The number of hydrogen-bond acceptors (Lipinski definition) is 6. The van der Waals surface area contributed by atoms with Crippen molar-refractivity contribution in [2.24, 2.45) is 11.7 Å². The lowest BCUT2D eigenvalue weighted by Gasteiger charge is -2.32. The molecule has 7 nitrogen and oxygen atoms in total. The summed E-state index contributed by atoms with van der Waals surface area (Å²) in [6, 6.07) is 0.660. The molecule has 2 heterocycles. The zero-order valence-electron chi connectivity index (χ0n) is 13.2. The van der Waals surface area contributed by atoms with Crippen molar-refractivity contribution in [2.75, 3.05) is 5.73 Å². The second-order valence-corrected chi connectivity index (χ2v) is 6.28. The van der Waals surface area contributed by atoms with Crippen LogP contribution in [0.5, 0.6) is 6.01 Å². The van der Waals surface area contributed by atoms with Gasteiger partial charge in [0.2, 0.25) is 0 Å². The minimum atomic E-state index is 0.0680. The van der Waals surface area contributed by atoms with Crippen LogP contribution in [-0.2, 0) is 6.42 Å². The van der Waals surface area contributed by atoms with E-state index in [2.05, 4.69) is 22.0 Å². The highest BCUT2D eigenvalue weighted by Crippen LogP contribution is 2.29. The van der Waals surface area contributed by atoms with Gasteiger partial charge < -0.3 is 16.2 Å². The predicted octanol–water partition coefficient (Wildman–Crippen LogP) is 1.55. The summed E-state index contributed by atoms with van der Waals surface area (Å²) in [6.45, 7) is 4.13. The van der Waals surface area contributed by atoms with Crippen LogP contribution >= 0.6 is 0 Å². The van der Waals surface area contributed by atoms with Crippen LogP contribution < -0.4 is 16.2 Å². The van der Waals surface area contributed by atoms with Crippen LogP contribution in [0.1, 0.15) is 45.2 Å². The average molecular weight is 304 g/mol. The first-order valence-electron chi connectivity index (χ1n) is 7.99. The summed E-state index contributed by atoms with van der Waals surface area (Å²) < 4.78 is 7.52. The van der Waals surface area contributed by atoms with Crippen LogP contribution in [-0.4, -0.2) is 31.7 Å². The maximum absolute atomic E-state index is 5.98. The Kier molecular flexibility index (Phi) is 4.15. The molecular weight excluding hydrogens is 280 g/mol. The molecule has 4 N–H and O–H groups in total. The van der Waals surface area contributed by atoms with Crippen molar-refractivity contribution in [1.29, 1.82) is 0 Å². The normalized spacial score (nSPS) is 22.5. The van der Waals surface area contributed by atoms with Crippen molar-refractivity contribution in [2.45, 2.75) is 58.1 Å². The highest BCUT2D eigenvalue weighted by Gasteiger charge is 2.27. The van der Waals surface area contributed by atoms with E-state index in [-0.39, 0.29) is 6.10 Å². The van der Waals surface area contributed by atoms with Gasteiger partial charge in [-0.3, -0.25) is 0 Å². The molecule has 0 aromatic carbocycles. The molecule has 7 heteroatoms. The molecular formula is C15H24N6O. The average Bonchev–Trinajstić information content (AvgIpc) is 2.81. The van der Waals surface area contributed by atoms with Crippen molar-refractivity contribution >= 4 is 11.5 Å². The molecule has 120 valence electrons. The van der Waals surface area contributed by atoms with Crippen LogP contribution in [0.15, 0.2) is 6.20 Å². The van der Waals surface area contributed by atoms with Crippen molar-refractivity contribution in [1.82, 2.24) is 19.6 Å². The van der Waals surface area contributed by atoms with Gasteiger partial charge in [0.05, 0.1) is 18.0 Å². The first-order chi connectivity index (χ1) is 10.6. The summed E-state index contributed by atoms with van der Waals surface area (Å²) in [4.78, 5) is 8.53. The molecule has 0 saturated heterocycles. The van der Waals surface area contributed by atoms with Crippen LogP contribution in [0, 0.1) is 5.92 Å². The molecule has 1 saturated carbocycles. The summed E-state index contributed by atoms with van der Waals surface area (Å²) >= 11 is 0. The van der Waals surface area contributed by atoms with Gasteiger partial charge in [-0.05, 0) is 38.5 Å². The molecule has 1 atom stereocenters. The van der Waals surface area contributed by atoms with E-state index in [4.69, 9.17) is 16.2 Å². The van der Waals surface area contributed by atoms with Gasteiger partial charge in [0.1, 0.15) is 0 Å². The summed E-state index contributed by atoms with van der Waals surface area (Å²) in [5.74, 6) is 0.958. The minimum absolute atomic E-state index is 0.0680. The maximum atomic E-state index is 5.98. The number of imidazole rings is 1. The minimum Gasteiger partial charge on any atom is -0.459 e. The van der Waals surface area contributed by atoms with Gasteiger partial charge in [0, 0.05) is 6.04 Å². The van der Waals surface area contributed by atoms with E-state index in [0.717, 1.165) is 37.8 Å². The van der Waals surface area contributed by atoms with Crippen LogP contribution in [0.3, 0.4) is 0 Å². The van der Waals surface area contributed by atoms with E-state index in [1.54, 1.807) is 4.52 Å². The van der Waals surface area contributed by atoms with Gasteiger partial charge in [-0.1, -0.05) is 13.3 Å². The Bertz CT molecular complexity index is 649. The Morgan fingerprint density at radius 2 is 2.23 bits per heavy atom. The largest absolute Gasteiger partial charge is 0.459 e. The van der Waals surface area contributed by atoms with Gasteiger partial charge in [-0.2, -0.15) is 4.98 Å². The predicted molar refractivity (Wildman–Crippen MR) is 84.6 cm³/mol. The number of rotatable bonds is 6. The lowest BCUT2D eigenvalue weighted by atomic mass is 9.78. The molecule has 22 heavy (non-hydrogen) atoms. The fraction of sp³-hybridized carbons (Fsp3) is 0.667. The monoisotopic (exact) mass is 304 g/mol.